The van der Waals surface area contributed by atoms with Crippen molar-refractivity contribution >= 4 is 34.0 Å². The standard InChI is InChI=1S/C20H23ClN4O2/c1-26-17-5-6-19-18(14-17)20(22-16-4-2-3-15(21)13-16)23-25(19)8-7-24-9-11-27-12-10-24/h2-6,13-14H,7-12H2,1H3,(H,22,23). The predicted octanol–water partition coefficient (Wildman–Crippen LogP) is 3.77. The van der Waals surface area contributed by atoms with Crippen LogP contribution in [0.4, 0.5) is 11.5 Å². The number of nitrogens with one attached hydrogen (secondary N) is 1. The summed E-state index contributed by atoms with van der Waals surface area (Å²) in [6, 6.07) is 13.7. The molecule has 0 radical (unpaired) electrons. The van der Waals surface area contributed by atoms with E-state index in [0.717, 1.165) is 67.6 Å². The van der Waals surface area contributed by atoms with Crippen molar-refractivity contribution in [2.75, 3.05) is 45.3 Å². The third kappa shape index (κ3) is 4.18. The van der Waals surface area contributed by atoms with Gasteiger partial charge in [-0.15, -0.1) is 0 Å². The lowest BCUT2D eigenvalue weighted by Gasteiger charge is -2.26. The number of ether oxygens (including phenoxy) is 2. The molecule has 1 aliphatic heterocycles. The number of fused-ring (bicyclic) bond motifs is 1. The van der Waals surface area contributed by atoms with Crippen LogP contribution in [0.5, 0.6) is 5.75 Å². The Morgan fingerprint density at radius 1 is 1.15 bits per heavy atom. The minimum absolute atomic E-state index is 0.689. The monoisotopic (exact) mass is 386 g/mol. The Morgan fingerprint density at radius 2 is 2.00 bits per heavy atom. The van der Waals surface area contributed by atoms with E-state index < -0.39 is 0 Å². The first-order valence-electron chi connectivity index (χ1n) is 9.10. The summed E-state index contributed by atoms with van der Waals surface area (Å²) in [5.74, 6) is 1.61. The van der Waals surface area contributed by atoms with Crippen molar-refractivity contribution in [3.8, 4) is 5.75 Å². The molecule has 2 heterocycles. The third-order valence-electron chi connectivity index (χ3n) is 4.78. The molecule has 0 aliphatic carbocycles. The molecule has 27 heavy (non-hydrogen) atoms. The van der Waals surface area contributed by atoms with E-state index in [1.807, 2.05) is 36.4 Å². The summed E-state index contributed by atoms with van der Waals surface area (Å²) in [7, 11) is 1.67. The highest BCUT2D eigenvalue weighted by molar-refractivity contribution is 6.30. The molecule has 4 rings (SSSR count). The van der Waals surface area contributed by atoms with Crippen molar-refractivity contribution in [1.29, 1.82) is 0 Å². The SMILES string of the molecule is COc1ccc2c(c1)c(Nc1cccc(Cl)c1)nn2CCN1CCOCC1. The van der Waals surface area contributed by atoms with E-state index in [-0.39, 0.29) is 0 Å². The first-order valence-corrected chi connectivity index (χ1v) is 9.48. The van der Waals surface area contributed by atoms with Gasteiger partial charge >= 0.3 is 0 Å². The zero-order chi connectivity index (χ0) is 18.6. The Balaban J connectivity index is 1.62. The number of aromatic nitrogens is 2. The van der Waals surface area contributed by atoms with Crippen molar-refractivity contribution in [3.05, 3.63) is 47.5 Å². The van der Waals surface area contributed by atoms with Gasteiger partial charge in [-0.05, 0) is 36.4 Å². The van der Waals surface area contributed by atoms with Crippen LogP contribution in [0, 0.1) is 0 Å². The largest absolute Gasteiger partial charge is 0.497 e. The minimum Gasteiger partial charge on any atom is -0.497 e. The van der Waals surface area contributed by atoms with Gasteiger partial charge in [0.2, 0.25) is 0 Å². The van der Waals surface area contributed by atoms with Gasteiger partial charge in [-0.1, -0.05) is 17.7 Å². The van der Waals surface area contributed by atoms with E-state index in [1.54, 1.807) is 7.11 Å². The summed E-state index contributed by atoms with van der Waals surface area (Å²) < 4.78 is 12.9. The molecule has 1 aliphatic rings. The summed E-state index contributed by atoms with van der Waals surface area (Å²) in [5.41, 5.74) is 1.98. The summed E-state index contributed by atoms with van der Waals surface area (Å²) in [6.45, 7) is 5.32. The van der Waals surface area contributed by atoms with Crippen LogP contribution in [0.1, 0.15) is 0 Å². The van der Waals surface area contributed by atoms with Crippen molar-refractivity contribution < 1.29 is 9.47 Å². The van der Waals surface area contributed by atoms with Crippen LogP contribution < -0.4 is 10.1 Å². The fourth-order valence-corrected chi connectivity index (χ4v) is 3.50. The number of morpholine rings is 1. The van der Waals surface area contributed by atoms with E-state index in [2.05, 4.69) is 21.0 Å². The average Bonchev–Trinajstić information content (AvgIpc) is 3.04. The molecule has 0 spiro atoms. The second-order valence-corrected chi connectivity index (χ2v) is 6.98. The topological polar surface area (TPSA) is 51.5 Å². The Kier molecular flexibility index (Phi) is 5.48. The molecule has 3 aromatic rings. The molecule has 0 bridgehead atoms. The Bertz CT molecular complexity index is 921. The first kappa shape index (κ1) is 18.1. The molecule has 6 nitrogen and oxygen atoms in total. The average molecular weight is 387 g/mol. The molecular weight excluding hydrogens is 364 g/mol. The highest BCUT2D eigenvalue weighted by atomic mass is 35.5. The van der Waals surface area contributed by atoms with Gasteiger partial charge in [0.25, 0.3) is 0 Å². The molecule has 1 saturated heterocycles. The number of hydrogen-bond acceptors (Lipinski definition) is 5. The van der Waals surface area contributed by atoms with Gasteiger partial charge in [0.1, 0.15) is 5.75 Å². The Hall–Kier alpha value is -2.28. The maximum atomic E-state index is 6.12. The number of benzene rings is 2. The van der Waals surface area contributed by atoms with Gasteiger partial charge in [-0.2, -0.15) is 5.10 Å². The predicted molar refractivity (Wildman–Crippen MR) is 108 cm³/mol. The number of anilines is 2. The molecule has 0 atom stereocenters. The minimum atomic E-state index is 0.689. The summed E-state index contributed by atoms with van der Waals surface area (Å²) in [5, 5.41) is 9.93. The molecular formula is C20H23ClN4O2. The molecule has 1 N–H and O–H groups in total. The van der Waals surface area contributed by atoms with Gasteiger partial charge in [0, 0.05) is 35.7 Å². The molecule has 7 heteroatoms. The number of rotatable bonds is 6. The molecule has 1 fully saturated rings. The zero-order valence-electron chi connectivity index (χ0n) is 15.3. The lowest BCUT2D eigenvalue weighted by atomic mass is 10.2. The summed E-state index contributed by atoms with van der Waals surface area (Å²) in [4.78, 5) is 2.41. The molecule has 142 valence electrons. The van der Waals surface area contributed by atoms with Crippen LogP contribution in [-0.4, -0.2) is 54.6 Å². The van der Waals surface area contributed by atoms with E-state index in [4.69, 9.17) is 26.2 Å². The van der Waals surface area contributed by atoms with Gasteiger partial charge in [0.15, 0.2) is 5.82 Å². The second kappa shape index (κ2) is 8.17. The quantitative estimate of drug-likeness (QED) is 0.698. The van der Waals surface area contributed by atoms with Crippen LogP contribution in [-0.2, 0) is 11.3 Å². The van der Waals surface area contributed by atoms with Crippen LogP contribution in [0.2, 0.25) is 5.02 Å². The van der Waals surface area contributed by atoms with E-state index in [1.165, 1.54) is 0 Å². The zero-order valence-corrected chi connectivity index (χ0v) is 16.1. The van der Waals surface area contributed by atoms with Gasteiger partial charge in [0.05, 0.1) is 32.4 Å². The normalized spacial score (nSPS) is 15.2. The number of hydrogen-bond donors (Lipinski definition) is 1. The van der Waals surface area contributed by atoms with E-state index in [9.17, 15) is 0 Å². The van der Waals surface area contributed by atoms with Crippen molar-refractivity contribution in [3.63, 3.8) is 0 Å². The Labute approximate surface area is 163 Å². The van der Waals surface area contributed by atoms with E-state index >= 15 is 0 Å². The van der Waals surface area contributed by atoms with Crippen molar-refractivity contribution in [2.45, 2.75) is 6.54 Å². The summed E-state index contributed by atoms with van der Waals surface area (Å²) >= 11 is 6.12. The van der Waals surface area contributed by atoms with Crippen molar-refractivity contribution in [2.24, 2.45) is 0 Å². The van der Waals surface area contributed by atoms with Crippen LogP contribution in [0.3, 0.4) is 0 Å². The molecule has 0 saturated carbocycles. The van der Waals surface area contributed by atoms with Crippen LogP contribution in [0.25, 0.3) is 10.9 Å². The number of halogens is 1. The first-order chi connectivity index (χ1) is 13.2. The van der Waals surface area contributed by atoms with E-state index in [0.29, 0.717) is 5.02 Å². The fourth-order valence-electron chi connectivity index (χ4n) is 3.31. The molecule has 1 aromatic heterocycles. The van der Waals surface area contributed by atoms with Gasteiger partial charge < -0.3 is 14.8 Å². The lowest BCUT2D eigenvalue weighted by molar-refractivity contribution is 0.0361. The second-order valence-electron chi connectivity index (χ2n) is 6.54. The van der Waals surface area contributed by atoms with Crippen LogP contribution >= 0.6 is 11.6 Å². The highest BCUT2D eigenvalue weighted by Crippen LogP contribution is 2.30. The number of nitrogens with zero attached hydrogens (tertiary/aromatic N) is 3. The smallest absolute Gasteiger partial charge is 0.160 e. The van der Waals surface area contributed by atoms with Gasteiger partial charge in [-0.25, -0.2) is 0 Å². The number of methoxy groups -OCH3 is 1. The van der Waals surface area contributed by atoms with Crippen LogP contribution in [0.15, 0.2) is 42.5 Å². The summed E-state index contributed by atoms with van der Waals surface area (Å²) in [6.07, 6.45) is 0. The lowest BCUT2D eigenvalue weighted by Crippen LogP contribution is -2.38. The maximum Gasteiger partial charge on any atom is 0.160 e. The van der Waals surface area contributed by atoms with Crippen molar-refractivity contribution in [1.82, 2.24) is 14.7 Å². The third-order valence-corrected chi connectivity index (χ3v) is 5.01. The molecule has 2 aromatic carbocycles. The fraction of sp³-hybridized carbons (Fsp3) is 0.350. The molecule has 0 unspecified atom stereocenters. The highest BCUT2D eigenvalue weighted by Gasteiger charge is 2.15. The van der Waals surface area contributed by atoms with Gasteiger partial charge in [-0.3, -0.25) is 9.58 Å². The molecule has 0 amide bonds. The maximum absolute atomic E-state index is 6.12. The Morgan fingerprint density at radius 3 is 2.78 bits per heavy atom.